The molecule has 1 aliphatic heterocycles. The SMILES string of the molecule is O=C(Nc1ccc(OC(F)(F)F)cc1)N1CCN(c2ncccc2C(F)(F)F)CC1. The smallest absolute Gasteiger partial charge is 0.406 e. The summed E-state index contributed by atoms with van der Waals surface area (Å²) in [5, 5.41) is 2.53. The molecule has 1 N–H and O–H groups in total. The number of carbonyl (C=O) groups is 1. The zero-order valence-electron chi connectivity index (χ0n) is 15.3. The summed E-state index contributed by atoms with van der Waals surface area (Å²) in [6, 6.07) is 6.25. The molecule has 0 atom stereocenters. The van der Waals surface area contributed by atoms with E-state index in [1.807, 2.05) is 0 Å². The monoisotopic (exact) mass is 434 g/mol. The maximum absolute atomic E-state index is 13.2. The van der Waals surface area contributed by atoms with E-state index in [9.17, 15) is 31.1 Å². The van der Waals surface area contributed by atoms with Crippen molar-refractivity contribution in [1.82, 2.24) is 9.88 Å². The summed E-state index contributed by atoms with van der Waals surface area (Å²) in [5.74, 6) is -0.616. The van der Waals surface area contributed by atoms with Gasteiger partial charge in [0.25, 0.3) is 0 Å². The van der Waals surface area contributed by atoms with Crippen LogP contribution >= 0.6 is 0 Å². The number of rotatable bonds is 3. The maximum atomic E-state index is 13.2. The summed E-state index contributed by atoms with van der Waals surface area (Å²) in [7, 11) is 0. The fourth-order valence-electron chi connectivity index (χ4n) is 2.93. The lowest BCUT2D eigenvalue weighted by atomic mass is 10.2. The van der Waals surface area contributed by atoms with Gasteiger partial charge in [-0.1, -0.05) is 0 Å². The van der Waals surface area contributed by atoms with Gasteiger partial charge in [0.05, 0.1) is 5.56 Å². The van der Waals surface area contributed by atoms with E-state index in [2.05, 4.69) is 15.0 Å². The van der Waals surface area contributed by atoms with Crippen LogP contribution in [0.4, 0.5) is 42.6 Å². The van der Waals surface area contributed by atoms with Crippen LogP contribution in [-0.4, -0.2) is 48.5 Å². The molecule has 0 spiro atoms. The van der Waals surface area contributed by atoms with Crippen molar-refractivity contribution >= 4 is 17.5 Å². The molecule has 1 aliphatic rings. The van der Waals surface area contributed by atoms with E-state index in [4.69, 9.17) is 0 Å². The first-order valence-corrected chi connectivity index (χ1v) is 8.72. The van der Waals surface area contributed by atoms with E-state index in [1.54, 1.807) is 0 Å². The van der Waals surface area contributed by atoms with Crippen LogP contribution in [0.2, 0.25) is 0 Å². The van der Waals surface area contributed by atoms with E-state index >= 15 is 0 Å². The number of hydrogen-bond acceptors (Lipinski definition) is 4. The molecular weight excluding hydrogens is 418 g/mol. The highest BCUT2D eigenvalue weighted by atomic mass is 19.4. The van der Waals surface area contributed by atoms with Crippen molar-refractivity contribution in [3.63, 3.8) is 0 Å². The van der Waals surface area contributed by atoms with Crippen molar-refractivity contribution in [2.45, 2.75) is 12.5 Å². The number of pyridine rings is 1. The number of piperazine rings is 1. The van der Waals surface area contributed by atoms with Gasteiger partial charge in [0.15, 0.2) is 0 Å². The molecule has 6 nitrogen and oxygen atoms in total. The number of halogens is 6. The Morgan fingerprint density at radius 3 is 2.17 bits per heavy atom. The van der Waals surface area contributed by atoms with Crippen molar-refractivity contribution in [2.24, 2.45) is 0 Å². The van der Waals surface area contributed by atoms with Crippen LogP contribution in [0.25, 0.3) is 0 Å². The number of hydrogen-bond donors (Lipinski definition) is 1. The lowest BCUT2D eigenvalue weighted by molar-refractivity contribution is -0.274. The normalized spacial score (nSPS) is 15.1. The molecule has 0 unspecified atom stereocenters. The Morgan fingerprint density at radius 1 is 0.967 bits per heavy atom. The van der Waals surface area contributed by atoms with Gasteiger partial charge in [0.2, 0.25) is 0 Å². The molecule has 2 heterocycles. The van der Waals surface area contributed by atoms with Crippen LogP contribution in [0.15, 0.2) is 42.6 Å². The van der Waals surface area contributed by atoms with E-state index in [-0.39, 0.29) is 37.7 Å². The fraction of sp³-hybridized carbons (Fsp3) is 0.333. The van der Waals surface area contributed by atoms with Gasteiger partial charge in [0, 0.05) is 38.1 Å². The molecule has 162 valence electrons. The fourth-order valence-corrected chi connectivity index (χ4v) is 2.93. The predicted molar refractivity (Wildman–Crippen MR) is 95.2 cm³/mol. The van der Waals surface area contributed by atoms with Gasteiger partial charge in [0.1, 0.15) is 11.6 Å². The molecule has 3 rings (SSSR count). The van der Waals surface area contributed by atoms with Gasteiger partial charge >= 0.3 is 18.6 Å². The first-order valence-electron chi connectivity index (χ1n) is 8.72. The third kappa shape index (κ3) is 5.45. The van der Waals surface area contributed by atoms with Crippen molar-refractivity contribution in [3.05, 3.63) is 48.2 Å². The molecule has 0 aliphatic carbocycles. The number of ether oxygens (including phenoxy) is 1. The average molecular weight is 434 g/mol. The minimum atomic E-state index is -4.82. The van der Waals surface area contributed by atoms with Crippen molar-refractivity contribution < 1.29 is 35.9 Å². The van der Waals surface area contributed by atoms with Crippen LogP contribution in [0.5, 0.6) is 5.75 Å². The van der Waals surface area contributed by atoms with Crippen molar-refractivity contribution in [2.75, 3.05) is 36.4 Å². The summed E-state index contributed by atoms with van der Waals surface area (Å²) in [5.41, 5.74) is -0.592. The van der Waals surface area contributed by atoms with Gasteiger partial charge in [-0.25, -0.2) is 9.78 Å². The zero-order valence-corrected chi connectivity index (χ0v) is 15.3. The Bertz CT molecular complexity index is 877. The summed E-state index contributed by atoms with van der Waals surface area (Å²) >= 11 is 0. The largest absolute Gasteiger partial charge is 0.573 e. The third-order valence-corrected chi connectivity index (χ3v) is 4.30. The van der Waals surface area contributed by atoms with Crippen LogP contribution < -0.4 is 15.0 Å². The summed E-state index contributed by atoms with van der Waals surface area (Å²) in [4.78, 5) is 19.0. The Kier molecular flexibility index (Phi) is 5.94. The number of benzene rings is 1. The standard InChI is InChI=1S/C18H16F6N4O2/c19-17(20,21)14-2-1-7-25-15(14)27-8-10-28(11-9-27)16(29)26-12-3-5-13(6-4-12)30-18(22,23)24/h1-7H,8-11H2,(H,26,29). The molecule has 1 aromatic heterocycles. The second-order valence-electron chi connectivity index (χ2n) is 6.35. The molecule has 12 heteroatoms. The quantitative estimate of drug-likeness (QED) is 0.730. The lowest BCUT2D eigenvalue weighted by Gasteiger charge is -2.36. The number of anilines is 2. The number of alkyl halides is 6. The van der Waals surface area contributed by atoms with Crippen molar-refractivity contribution in [1.29, 1.82) is 0 Å². The molecule has 2 aromatic rings. The lowest BCUT2D eigenvalue weighted by Crippen LogP contribution is -2.50. The van der Waals surface area contributed by atoms with Crippen LogP contribution in [0.3, 0.4) is 0 Å². The number of carbonyl (C=O) groups excluding carboxylic acids is 1. The number of nitrogens with zero attached hydrogens (tertiary/aromatic N) is 3. The zero-order chi connectivity index (χ0) is 21.9. The highest BCUT2D eigenvalue weighted by Gasteiger charge is 2.36. The highest BCUT2D eigenvalue weighted by Crippen LogP contribution is 2.35. The van der Waals surface area contributed by atoms with Gasteiger partial charge in [-0.3, -0.25) is 0 Å². The molecule has 0 radical (unpaired) electrons. The van der Waals surface area contributed by atoms with Crippen LogP contribution in [0, 0.1) is 0 Å². The van der Waals surface area contributed by atoms with Crippen molar-refractivity contribution in [3.8, 4) is 5.75 Å². The van der Waals surface area contributed by atoms with Gasteiger partial charge in [-0.15, -0.1) is 13.2 Å². The second kappa shape index (κ2) is 8.28. The average Bonchev–Trinajstić information content (AvgIpc) is 2.68. The molecule has 1 fully saturated rings. The third-order valence-electron chi connectivity index (χ3n) is 4.30. The van der Waals surface area contributed by atoms with Crippen LogP contribution in [0.1, 0.15) is 5.56 Å². The molecule has 30 heavy (non-hydrogen) atoms. The number of aromatic nitrogens is 1. The van der Waals surface area contributed by atoms with Gasteiger partial charge in [-0.05, 0) is 36.4 Å². The highest BCUT2D eigenvalue weighted by molar-refractivity contribution is 5.89. The van der Waals surface area contributed by atoms with E-state index in [0.29, 0.717) is 0 Å². The van der Waals surface area contributed by atoms with Crippen LogP contribution in [-0.2, 0) is 6.18 Å². The molecule has 0 saturated carbocycles. The molecule has 2 amide bonds. The Balaban J connectivity index is 1.57. The first-order chi connectivity index (χ1) is 14.0. The predicted octanol–water partition coefficient (Wildman–Crippen LogP) is 4.35. The van der Waals surface area contributed by atoms with Gasteiger partial charge < -0.3 is 19.9 Å². The minimum absolute atomic E-state index is 0.145. The van der Waals surface area contributed by atoms with E-state index in [1.165, 1.54) is 34.2 Å². The summed E-state index contributed by atoms with van der Waals surface area (Å²) < 4.78 is 79.7. The van der Waals surface area contributed by atoms with E-state index < -0.39 is 29.9 Å². The van der Waals surface area contributed by atoms with E-state index in [0.717, 1.165) is 18.2 Å². The summed E-state index contributed by atoms with van der Waals surface area (Å²) in [6.07, 6.45) is -8.08. The molecule has 1 saturated heterocycles. The first kappa shape index (κ1) is 21.5. The maximum Gasteiger partial charge on any atom is 0.573 e. The number of amides is 2. The number of urea groups is 1. The minimum Gasteiger partial charge on any atom is -0.406 e. The second-order valence-corrected chi connectivity index (χ2v) is 6.35. The number of nitrogens with one attached hydrogen (secondary N) is 1. The Labute approximate surface area is 167 Å². The molecule has 0 bridgehead atoms. The Morgan fingerprint density at radius 2 is 1.60 bits per heavy atom. The summed E-state index contributed by atoms with van der Waals surface area (Å²) in [6.45, 7) is 0.585. The van der Waals surface area contributed by atoms with Gasteiger partial charge in [-0.2, -0.15) is 13.2 Å². The Hall–Kier alpha value is -3.18. The molecular formula is C18H16F6N4O2. The topological polar surface area (TPSA) is 57.7 Å². The molecule has 1 aromatic carbocycles.